The first-order valence-electron chi connectivity index (χ1n) is 7.27. The summed E-state index contributed by atoms with van der Waals surface area (Å²) in [7, 11) is 0. The van der Waals surface area contributed by atoms with E-state index in [0.29, 0.717) is 22.0 Å². The molecule has 0 radical (unpaired) electrons. The molecule has 1 aromatic carbocycles. The van der Waals surface area contributed by atoms with Crippen molar-refractivity contribution in [3.8, 4) is 0 Å². The summed E-state index contributed by atoms with van der Waals surface area (Å²) in [5, 5.41) is 13.7. The van der Waals surface area contributed by atoms with Gasteiger partial charge in [0.1, 0.15) is 0 Å². The average Bonchev–Trinajstić information content (AvgIpc) is 2.53. The minimum absolute atomic E-state index is 0.0780. The van der Waals surface area contributed by atoms with E-state index in [1.54, 1.807) is 30.6 Å². The van der Waals surface area contributed by atoms with Crippen LogP contribution < -0.4 is 5.32 Å². The summed E-state index contributed by atoms with van der Waals surface area (Å²) in [5.74, 6) is -0.0484. The van der Waals surface area contributed by atoms with E-state index in [-0.39, 0.29) is 18.4 Å². The fourth-order valence-electron chi connectivity index (χ4n) is 2.25. The van der Waals surface area contributed by atoms with Gasteiger partial charge in [0.25, 0.3) is 0 Å². The van der Waals surface area contributed by atoms with Crippen molar-refractivity contribution in [1.82, 2.24) is 10.3 Å². The van der Waals surface area contributed by atoms with Gasteiger partial charge in [-0.1, -0.05) is 36.2 Å². The molecule has 1 heterocycles. The van der Waals surface area contributed by atoms with Gasteiger partial charge in [0.15, 0.2) is 0 Å². The molecule has 2 aromatic rings. The van der Waals surface area contributed by atoms with Crippen molar-refractivity contribution in [1.29, 1.82) is 0 Å². The Kier molecular flexibility index (Phi) is 6.39. The summed E-state index contributed by atoms with van der Waals surface area (Å²) in [6, 6.07) is 8.65. The Morgan fingerprint density at radius 1 is 1.26 bits per heavy atom. The maximum Gasteiger partial charge on any atom is 0.220 e. The number of aromatic nitrogens is 1. The molecule has 2 N–H and O–H groups in total. The average molecular weight is 353 g/mol. The summed E-state index contributed by atoms with van der Waals surface area (Å²) >= 11 is 11.9. The van der Waals surface area contributed by atoms with E-state index in [2.05, 4.69) is 10.3 Å². The van der Waals surface area contributed by atoms with Crippen molar-refractivity contribution in [2.24, 2.45) is 0 Å². The Hall–Kier alpha value is -1.62. The molecule has 0 saturated heterocycles. The zero-order valence-corrected chi connectivity index (χ0v) is 14.2. The zero-order valence-electron chi connectivity index (χ0n) is 12.7. The second-order valence-corrected chi connectivity index (χ2v) is 6.22. The molecule has 0 bridgehead atoms. The summed E-state index contributed by atoms with van der Waals surface area (Å²) in [4.78, 5) is 16.0. The fourth-order valence-corrected chi connectivity index (χ4v) is 2.79. The molecule has 23 heavy (non-hydrogen) atoms. The van der Waals surface area contributed by atoms with Crippen LogP contribution in [0.25, 0.3) is 0 Å². The molecule has 1 aromatic heterocycles. The van der Waals surface area contributed by atoms with Crippen molar-refractivity contribution >= 4 is 29.1 Å². The molecule has 0 aliphatic carbocycles. The van der Waals surface area contributed by atoms with Crippen LogP contribution in [0.4, 0.5) is 0 Å². The summed E-state index contributed by atoms with van der Waals surface area (Å²) in [6.07, 6.45) is 2.87. The number of carbonyl (C=O) groups is 1. The van der Waals surface area contributed by atoms with Crippen LogP contribution in [0.2, 0.25) is 10.0 Å². The Balaban J connectivity index is 1.86. The van der Waals surface area contributed by atoms with Gasteiger partial charge in [-0.3, -0.25) is 9.78 Å². The number of hydrogen-bond acceptors (Lipinski definition) is 3. The van der Waals surface area contributed by atoms with Crippen LogP contribution in [0.5, 0.6) is 0 Å². The van der Waals surface area contributed by atoms with E-state index in [0.717, 1.165) is 5.56 Å². The lowest BCUT2D eigenvalue weighted by molar-refractivity contribution is -0.121. The summed E-state index contributed by atoms with van der Waals surface area (Å²) in [5.41, 5.74) is 1.59. The molecule has 0 unspecified atom stereocenters. The minimum Gasteiger partial charge on any atom is -0.387 e. The number of halogens is 2. The number of nitrogens with one attached hydrogen (secondary N) is 1. The normalized spacial score (nSPS) is 13.4. The number of hydrogen-bond donors (Lipinski definition) is 2. The van der Waals surface area contributed by atoms with Gasteiger partial charge >= 0.3 is 0 Å². The lowest BCUT2D eigenvalue weighted by Gasteiger charge is -2.16. The highest BCUT2D eigenvalue weighted by molar-refractivity contribution is 6.35. The standard InChI is InChI=1S/C17H18Cl2N2O2/c1-11(12-4-6-20-7-5-12)8-17(23)21-10-16(22)14-3-2-13(18)9-15(14)19/h2-7,9,11,16,22H,8,10H2,1H3,(H,21,23)/t11-,16-/m1/s1. The van der Waals surface area contributed by atoms with E-state index in [9.17, 15) is 9.90 Å². The van der Waals surface area contributed by atoms with Crippen molar-refractivity contribution in [2.45, 2.75) is 25.4 Å². The minimum atomic E-state index is -0.875. The summed E-state index contributed by atoms with van der Waals surface area (Å²) < 4.78 is 0. The molecule has 0 saturated carbocycles. The largest absolute Gasteiger partial charge is 0.387 e. The highest BCUT2D eigenvalue weighted by Gasteiger charge is 2.15. The van der Waals surface area contributed by atoms with Crippen molar-refractivity contribution in [3.05, 3.63) is 63.9 Å². The van der Waals surface area contributed by atoms with Crippen LogP contribution in [-0.4, -0.2) is 22.5 Å². The fraction of sp³-hybridized carbons (Fsp3) is 0.294. The lowest BCUT2D eigenvalue weighted by atomic mass is 9.98. The van der Waals surface area contributed by atoms with Gasteiger partial charge < -0.3 is 10.4 Å². The van der Waals surface area contributed by atoms with E-state index in [4.69, 9.17) is 23.2 Å². The van der Waals surface area contributed by atoms with Gasteiger partial charge in [0.05, 0.1) is 6.10 Å². The number of rotatable bonds is 6. The summed E-state index contributed by atoms with van der Waals surface area (Å²) in [6.45, 7) is 2.07. The number of carbonyl (C=O) groups excluding carboxylic acids is 1. The number of benzene rings is 1. The third kappa shape index (κ3) is 5.20. The molecule has 0 aliphatic heterocycles. The molecule has 1 amide bonds. The van der Waals surface area contributed by atoms with Crippen LogP contribution in [0, 0.1) is 0 Å². The molecule has 6 heteroatoms. The van der Waals surface area contributed by atoms with E-state index < -0.39 is 6.10 Å². The lowest BCUT2D eigenvalue weighted by Crippen LogP contribution is -2.29. The number of nitrogens with zero attached hydrogens (tertiary/aromatic N) is 1. The molecule has 4 nitrogen and oxygen atoms in total. The SMILES string of the molecule is C[C@H](CC(=O)NC[C@@H](O)c1ccc(Cl)cc1Cl)c1ccncc1. The Labute approximate surface area is 145 Å². The highest BCUT2D eigenvalue weighted by Crippen LogP contribution is 2.26. The third-order valence-corrected chi connectivity index (χ3v) is 4.14. The molecule has 0 spiro atoms. The number of aliphatic hydroxyl groups excluding tert-OH is 1. The predicted molar refractivity (Wildman–Crippen MR) is 91.7 cm³/mol. The Morgan fingerprint density at radius 3 is 2.61 bits per heavy atom. The van der Waals surface area contributed by atoms with Gasteiger partial charge in [0, 0.05) is 41.0 Å². The molecule has 122 valence electrons. The molecular formula is C17H18Cl2N2O2. The highest BCUT2D eigenvalue weighted by atomic mass is 35.5. The van der Waals surface area contributed by atoms with Gasteiger partial charge in [-0.25, -0.2) is 0 Å². The topological polar surface area (TPSA) is 62.2 Å². The first-order chi connectivity index (χ1) is 11.0. The van der Waals surface area contributed by atoms with Crippen LogP contribution in [0.15, 0.2) is 42.7 Å². The zero-order chi connectivity index (χ0) is 16.8. The quantitative estimate of drug-likeness (QED) is 0.832. The number of amides is 1. The molecule has 0 fully saturated rings. The second-order valence-electron chi connectivity index (χ2n) is 5.37. The van der Waals surface area contributed by atoms with E-state index in [1.807, 2.05) is 19.1 Å². The van der Waals surface area contributed by atoms with Crippen LogP contribution in [0.3, 0.4) is 0 Å². The first kappa shape index (κ1) is 17.7. The van der Waals surface area contributed by atoms with Crippen LogP contribution >= 0.6 is 23.2 Å². The van der Waals surface area contributed by atoms with Gasteiger partial charge in [-0.05, 0) is 35.7 Å². The molecular weight excluding hydrogens is 335 g/mol. The Bertz CT molecular complexity index is 665. The van der Waals surface area contributed by atoms with Crippen LogP contribution in [0.1, 0.15) is 36.5 Å². The van der Waals surface area contributed by atoms with Gasteiger partial charge in [-0.2, -0.15) is 0 Å². The Morgan fingerprint density at radius 2 is 1.96 bits per heavy atom. The second kappa shape index (κ2) is 8.29. The maximum atomic E-state index is 12.0. The van der Waals surface area contributed by atoms with Gasteiger partial charge in [0.2, 0.25) is 5.91 Å². The van der Waals surface area contributed by atoms with Crippen molar-refractivity contribution < 1.29 is 9.90 Å². The van der Waals surface area contributed by atoms with E-state index >= 15 is 0 Å². The molecule has 2 atom stereocenters. The molecule has 0 aliphatic rings. The molecule has 2 rings (SSSR count). The first-order valence-corrected chi connectivity index (χ1v) is 8.02. The van der Waals surface area contributed by atoms with Crippen LogP contribution in [-0.2, 0) is 4.79 Å². The third-order valence-electron chi connectivity index (χ3n) is 3.58. The van der Waals surface area contributed by atoms with Crippen molar-refractivity contribution in [2.75, 3.05) is 6.54 Å². The number of aliphatic hydroxyl groups is 1. The van der Waals surface area contributed by atoms with E-state index in [1.165, 1.54) is 0 Å². The predicted octanol–water partition coefficient (Wildman–Crippen LogP) is 3.73. The maximum absolute atomic E-state index is 12.0. The van der Waals surface area contributed by atoms with Crippen molar-refractivity contribution in [3.63, 3.8) is 0 Å². The smallest absolute Gasteiger partial charge is 0.220 e. The monoisotopic (exact) mass is 352 g/mol. The van der Waals surface area contributed by atoms with Gasteiger partial charge in [-0.15, -0.1) is 0 Å². The number of pyridine rings is 1.